The predicted octanol–water partition coefficient (Wildman–Crippen LogP) is 1.00. The lowest BCUT2D eigenvalue weighted by molar-refractivity contribution is -0.125. The molecule has 17 heavy (non-hydrogen) atoms. The van der Waals surface area contributed by atoms with E-state index in [-0.39, 0.29) is 11.8 Å². The van der Waals surface area contributed by atoms with Gasteiger partial charge in [0.1, 0.15) is 0 Å². The standard InChI is InChI=1S/C10H13NO.C3H5NO/c11-10(12)8-4-7-9-5-2-1-3-6-9;5-3-1-2-4-3/h1-3,5-6H,4,7-8H2,(H2,11,12);1-2H2,(H,4,5). The van der Waals surface area contributed by atoms with E-state index in [9.17, 15) is 9.59 Å². The molecule has 2 amide bonds. The highest BCUT2D eigenvalue weighted by atomic mass is 16.2. The van der Waals surface area contributed by atoms with E-state index in [0.717, 1.165) is 25.8 Å². The Kier molecular flexibility index (Phi) is 5.79. The van der Waals surface area contributed by atoms with Gasteiger partial charge in [-0.3, -0.25) is 9.59 Å². The smallest absolute Gasteiger partial charge is 0.221 e. The van der Waals surface area contributed by atoms with Gasteiger partial charge < -0.3 is 11.1 Å². The fourth-order valence-corrected chi connectivity index (χ4v) is 1.34. The Hall–Kier alpha value is -1.84. The molecule has 0 bridgehead atoms. The molecular formula is C13H18N2O2. The highest BCUT2D eigenvalue weighted by Crippen LogP contribution is 2.03. The Labute approximate surface area is 101 Å². The number of rotatable bonds is 4. The molecule has 0 spiro atoms. The van der Waals surface area contributed by atoms with Crippen LogP contribution in [0.3, 0.4) is 0 Å². The molecule has 4 nitrogen and oxygen atoms in total. The fraction of sp³-hybridized carbons (Fsp3) is 0.385. The van der Waals surface area contributed by atoms with E-state index in [4.69, 9.17) is 5.73 Å². The van der Waals surface area contributed by atoms with Crippen LogP contribution in [0.25, 0.3) is 0 Å². The van der Waals surface area contributed by atoms with Gasteiger partial charge in [-0.1, -0.05) is 30.3 Å². The molecule has 0 unspecified atom stereocenters. The number of β-lactam (4-membered cyclic amide) rings is 1. The van der Waals surface area contributed by atoms with Crippen LogP contribution in [0.1, 0.15) is 24.8 Å². The minimum absolute atomic E-state index is 0.185. The molecule has 4 heteroatoms. The van der Waals surface area contributed by atoms with Crippen LogP contribution in [-0.2, 0) is 16.0 Å². The number of primary amides is 1. The van der Waals surface area contributed by atoms with Gasteiger partial charge in [-0.05, 0) is 18.4 Å². The number of nitrogens with two attached hydrogens (primary N) is 1. The average molecular weight is 234 g/mol. The minimum Gasteiger partial charge on any atom is -0.370 e. The van der Waals surface area contributed by atoms with Gasteiger partial charge in [0.15, 0.2) is 0 Å². The van der Waals surface area contributed by atoms with E-state index in [0.29, 0.717) is 6.42 Å². The van der Waals surface area contributed by atoms with Crippen molar-refractivity contribution in [3.05, 3.63) is 35.9 Å². The van der Waals surface area contributed by atoms with E-state index in [1.54, 1.807) is 0 Å². The summed E-state index contributed by atoms with van der Waals surface area (Å²) in [6.45, 7) is 0.888. The number of nitrogens with one attached hydrogen (secondary N) is 1. The van der Waals surface area contributed by atoms with Crippen LogP contribution in [0.4, 0.5) is 0 Å². The maximum absolute atomic E-state index is 10.4. The minimum atomic E-state index is -0.217. The first kappa shape index (κ1) is 13.2. The summed E-state index contributed by atoms with van der Waals surface area (Å²) in [7, 11) is 0. The normalized spacial score (nSPS) is 12.8. The largest absolute Gasteiger partial charge is 0.370 e. The number of hydrogen-bond acceptors (Lipinski definition) is 2. The number of hydrogen-bond donors (Lipinski definition) is 2. The number of carbonyl (C=O) groups is 2. The second kappa shape index (κ2) is 7.44. The summed E-state index contributed by atoms with van der Waals surface area (Å²) in [5, 5.41) is 2.57. The predicted molar refractivity (Wildman–Crippen MR) is 66.2 cm³/mol. The van der Waals surface area contributed by atoms with Crippen LogP contribution in [-0.4, -0.2) is 18.4 Å². The zero-order valence-electron chi connectivity index (χ0n) is 9.82. The molecule has 0 aliphatic carbocycles. The van der Waals surface area contributed by atoms with Crippen molar-refractivity contribution in [2.45, 2.75) is 25.7 Å². The lowest BCUT2D eigenvalue weighted by atomic mass is 10.1. The van der Waals surface area contributed by atoms with E-state index in [2.05, 4.69) is 17.4 Å². The van der Waals surface area contributed by atoms with E-state index >= 15 is 0 Å². The first-order chi connectivity index (χ1) is 8.18. The van der Waals surface area contributed by atoms with Crippen molar-refractivity contribution in [2.24, 2.45) is 5.73 Å². The van der Waals surface area contributed by atoms with Crippen LogP contribution in [0.2, 0.25) is 0 Å². The highest BCUT2D eigenvalue weighted by Gasteiger charge is 2.07. The molecule has 1 heterocycles. The van der Waals surface area contributed by atoms with Gasteiger partial charge in [-0.2, -0.15) is 0 Å². The van der Waals surface area contributed by atoms with Crippen LogP contribution in [0.15, 0.2) is 30.3 Å². The van der Waals surface area contributed by atoms with Crippen molar-refractivity contribution in [3.8, 4) is 0 Å². The summed E-state index contributed by atoms with van der Waals surface area (Å²) >= 11 is 0. The summed E-state index contributed by atoms with van der Waals surface area (Å²) in [6.07, 6.45) is 3.00. The van der Waals surface area contributed by atoms with Gasteiger partial charge in [0.05, 0.1) is 0 Å². The van der Waals surface area contributed by atoms with Crippen LogP contribution in [0.5, 0.6) is 0 Å². The molecular weight excluding hydrogens is 216 g/mol. The molecule has 0 saturated carbocycles. The lowest BCUT2D eigenvalue weighted by Gasteiger charge is -2.10. The first-order valence-corrected chi connectivity index (χ1v) is 5.77. The topological polar surface area (TPSA) is 72.2 Å². The van der Waals surface area contributed by atoms with Crippen molar-refractivity contribution in [1.82, 2.24) is 5.32 Å². The van der Waals surface area contributed by atoms with Gasteiger partial charge >= 0.3 is 0 Å². The second-order valence-corrected chi connectivity index (χ2v) is 3.91. The summed E-state index contributed by atoms with van der Waals surface area (Å²) in [5.41, 5.74) is 6.28. The van der Waals surface area contributed by atoms with Crippen LogP contribution < -0.4 is 11.1 Å². The Morgan fingerprint density at radius 1 is 1.29 bits per heavy atom. The third kappa shape index (κ3) is 6.35. The van der Waals surface area contributed by atoms with Crippen molar-refractivity contribution < 1.29 is 9.59 Å². The van der Waals surface area contributed by atoms with Crippen LogP contribution in [0, 0.1) is 0 Å². The maximum Gasteiger partial charge on any atom is 0.221 e. The van der Waals surface area contributed by atoms with E-state index < -0.39 is 0 Å². The van der Waals surface area contributed by atoms with Gasteiger partial charge in [0.2, 0.25) is 11.8 Å². The van der Waals surface area contributed by atoms with Gasteiger partial charge in [0, 0.05) is 19.4 Å². The van der Waals surface area contributed by atoms with E-state index in [1.165, 1.54) is 5.56 Å². The average Bonchev–Trinajstić information content (AvgIpc) is 2.28. The van der Waals surface area contributed by atoms with Crippen molar-refractivity contribution >= 4 is 11.8 Å². The Bertz CT molecular complexity index is 357. The molecule has 1 saturated heterocycles. The summed E-state index contributed by atoms with van der Waals surface area (Å²) < 4.78 is 0. The molecule has 1 aliphatic heterocycles. The molecule has 2 rings (SSSR count). The maximum atomic E-state index is 10.4. The quantitative estimate of drug-likeness (QED) is 0.763. The molecule has 0 radical (unpaired) electrons. The monoisotopic (exact) mass is 234 g/mol. The number of benzene rings is 1. The molecule has 3 N–H and O–H groups in total. The molecule has 92 valence electrons. The first-order valence-electron chi connectivity index (χ1n) is 5.77. The van der Waals surface area contributed by atoms with Crippen molar-refractivity contribution in [3.63, 3.8) is 0 Å². The SMILES string of the molecule is NC(=O)CCCc1ccccc1.O=C1CCN1. The molecule has 1 aromatic carbocycles. The summed E-state index contributed by atoms with van der Waals surface area (Å²) in [4.78, 5) is 20.2. The van der Waals surface area contributed by atoms with Crippen molar-refractivity contribution in [2.75, 3.05) is 6.54 Å². The zero-order chi connectivity index (χ0) is 12.5. The highest BCUT2D eigenvalue weighted by molar-refractivity contribution is 5.81. The molecule has 1 fully saturated rings. The number of carbonyl (C=O) groups excluding carboxylic acids is 2. The van der Waals surface area contributed by atoms with Crippen LogP contribution >= 0.6 is 0 Å². The molecule has 1 aromatic rings. The van der Waals surface area contributed by atoms with Gasteiger partial charge in [-0.25, -0.2) is 0 Å². The van der Waals surface area contributed by atoms with E-state index in [1.807, 2.05) is 18.2 Å². The fourth-order valence-electron chi connectivity index (χ4n) is 1.34. The second-order valence-electron chi connectivity index (χ2n) is 3.91. The van der Waals surface area contributed by atoms with Gasteiger partial charge in [-0.15, -0.1) is 0 Å². The Balaban J connectivity index is 0.000000239. The van der Waals surface area contributed by atoms with Crippen molar-refractivity contribution in [1.29, 1.82) is 0 Å². The number of amides is 2. The molecule has 0 atom stereocenters. The molecule has 0 aromatic heterocycles. The molecule has 1 aliphatic rings. The van der Waals surface area contributed by atoms with Gasteiger partial charge in [0.25, 0.3) is 0 Å². The Morgan fingerprint density at radius 3 is 2.29 bits per heavy atom. The summed E-state index contributed by atoms with van der Waals surface area (Å²) in [6, 6.07) is 10.1. The third-order valence-electron chi connectivity index (χ3n) is 2.41. The zero-order valence-corrected chi connectivity index (χ0v) is 9.82. The number of aryl methyl sites for hydroxylation is 1. The third-order valence-corrected chi connectivity index (χ3v) is 2.41. The lowest BCUT2D eigenvalue weighted by Crippen LogP contribution is -2.37. The Morgan fingerprint density at radius 2 is 1.88 bits per heavy atom. The summed E-state index contributed by atoms with van der Waals surface area (Å²) in [5.74, 6) is -0.0315.